The van der Waals surface area contributed by atoms with Gasteiger partial charge >= 0.3 is 0 Å². The van der Waals surface area contributed by atoms with Gasteiger partial charge in [0.1, 0.15) is 0 Å². The molecule has 0 bridgehead atoms. The second kappa shape index (κ2) is 11.7. The van der Waals surface area contributed by atoms with Gasteiger partial charge in [0.25, 0.3) is 0 Å². The molecule has 48 heavy (non-hydrogen) atoms. The maximum Gasteiger partial charge on any atom is 0.164 e. The fraction of sp³-hybridized carbons (Fsp3) is 0. The third-order valence-corrected chi connectivity index (χ3v) is 8.93. The highest BCUT2D eigenvalue weighted by atomic mass is 15.0. The molecule has 0 saturated heterocycles. The first-order valence-corrected chi connectivity index (χ1v) is 16.1. The third kappa shape index (κ3) is 4.97. The van der Waals surface area contributed by atoms with Gasteiger partial charge in [0.15, 0.2) is 17.5 Å². The maximum absolute atomic E-state index is 5.11. The lowest BCUT2D eigenvalue weighted by Gasteiger charge is -2.15. The molecular weight excluding hydrogens is 585 g/mol. The predicted octanol–water partition coefficient (Wildman–Crippen LogP) is 11.1. The Morgan fingerprint density at radius 2 is 0.854 bits per heavy atom. The fourth-order valence-electron chi connectivity index (χ4n) is 6.65. The molecule has 0 N–H and O–H groups in total. The number of benzene rings is 7. The lowest BCUT2D eigenvalue weighted by molar-refractivity contribution is 1.07. The molecule has 0 atom stereocenters. The van der Waals surface area contributed by atoms with Crippen LogP contribution in [0.5, 0.6) is 0 Å². The molecule has 2 aromatic heterocycles. The first-order valence-electron chi connectivity index (χ1n) is 16.1. The molecule has 0 unspecified atom stereocenters. The second-order valence-electron chi connectivity index (χ2n) is 11.9. The van der Waals surface area contributed by atoms with Crippen LogP contribution in [0.4, 0.5) is 0 Å². The molecule has 0 fully saturated rings. The molecule has 224 valence electrons. The average molecular weight is 613 g/mol. The molecule has 4 nitrogen and oxygen atoms in total. The van der Waals surface area contributed by atoms with E-state index in [4.69, 9.17) is 15.0 Å². The van der Waals surface area contributed by atoms with Gasteiger partial charge in [0.2, 0.25) is 0 Å². The van der Waals surface area contributed by atoms with Crippen molar-refractivity contribution in [3.05, 3.63) is 170 Å². The van der Waals surface area contributed by atoms with E-state index < -0.39 is 0 Å². The molecular formula is C44H28N4. The Morgan fingerprint density at radius 3 is 1.56 bits per heavy atom. The zero-order valence-electron chi connectivity index (χ0n) is 26.0. The number of aromatic nitrogens is 4. The molecule has 0 aliphatic rings. The van der Waals surface area contributed by atoms with Gasteiger partial charge in [0, 0.05) is 28.3 Å². The van der Waals surface area contributed by atoms with Crippen LogP contribution in [0.2, 0.25) is 0 Å². The molecule has 7 aromatic carbocycles. The smallest absolute Gasteiger partial charge is 0.164 e. The summed E-state index contributed by atoms with van der Waals surface area (Å²) in [5.74, 6) is 1.89. The predicted molar refractivity (Wildman–Crippen MR) is 197 cm³/mol. The summed E-state index contributed by atoms with van der Waals surface area (Å²) in [7, 11) is 0. The molecule has 0 aliphatic heterocycles. The van der Waals surface area contributed by atoms with Crippen molar-refractivity contribution in [2.45, 2.75) is 0 Å². The van der Waals surface area contributed by atoms with Crippen molar-refractivity contribution < 1.29 is 0 Å². The van der Waals surface area contributed by atoms with Crippen LogP contribution in [0.3, 0.4) is 0 Å². The summed E-state index contributed by atoms with van der Waals surface area (Å²) in [5.41, 5.74) is 8.18. The van der Waals surface area contributed by atoms with Crippen molar-refractivity contribution in [3.8, 4) is 56.4 Å². The van der Waals surface area contributed by atoms with E-state index in [9.17, 15) is 0 Å². The normalized spacial score (nSPS) is 11.3. The van der Waals surface area contributed by atoms with Crippen molar-refractivity contribution in [3.63, 3.8) is 0 Å². The van der Waals surface area contributed by atoms with Gasteiger partial charge in [-0.25, -0.2) is 15.0 Å². The second-order valence-corrected chi connectivity index (χ2v) is 11.9. The van der Waals surface area contributed by atoms with Crippen LogP contribution >= 0.6 is 0 Å². The van der Waals surface area contributed by atoms with E-state index in [0.29, 0.717) is 17.5 Å². The summed E-state index contributed by atoms with van der Waals surface area (Å²) < 4.78 is 0. The minimum Gasteiger partial charge on any atom is -0.256 e. The number of pyridine rings is 1. The Hall–Kier alpha value is -6.52. The van der Waals surface area contributed by atoms with Gasteiger partial charge in [-0.15, -0.1) is 0 Å². The Labute approximate surface area is 278 Å². The Morgan fingerprint density at radius 1 is 0.312 bits per heavy atom. The molecule has 0 spiro atoms. The van der Waals surface area contributed by atoms with Crippen LogP contribution in [0.25, 0.3) is 88.9 Å². The molecule has 0 saturated carbocycles. The summed E-state index contributed by atoms with van der Waals surface area (Å²) >= 11 is 0. The van der Waals surface area contributed by atoms with Crippen molar-refractivity contribution in [2.75, 3.05) is 0 Å². The number of rotatable bonds is 5. The molecule has 0 aliphatic carbocycles. The minimum atomic E-state index is 0.620. The third-order valence-electron chi connectivity index (χ3n) is 8.93. The van der Waals surface area contributed by atoms with E-state index in [1.165, 1.54) is 21.5 Å². The van der Waals surface area contributed by atoms with Gasteiger partial charge in [-0.3, -0.25) is 4.98 Å². The highest BCUT2D eigenvalue weighted by Gasteiger charge is 2.17. The van der Waals surface area contributed by atoms with Crippen LogP contribution < -0.4 is 0 Å². The van der Waals surface area contributed by atoms with Crippen LogP contribution in [-0.4, -0.2) is 19.9 Å². The van der Waals surface area contributed by atoms with Crippen LogP contribution in [0, 0.1) is 0 Å². The van der Waals surface area contributed by atoms with Crippen molar-refractivity contribution in [1.29, 1.82) is 0 Å². The number of hydrogen-bond donors (Lipinski definition) is 0. The molecule has 0 amide bonds. The van der Waals surface area contributed by atoms with E-state index >= 15 is 0 Å². The van der Waals surface area contributed by atoms with E-state index in [-0.39, 0.29) is 0 Å². The van der Waals surface area contributed by atoms with Crippen molar-refractivity contribution in [2.24, 2.45) is 0 Å². The van der Waals surface area contributed by atoms with E-state index in [2.05, 4.69) is 102 Å². The van der Waals surface area contributed by atoms with Gasteiger partial charge in [-0.05, 0) is 80.2 Å². The Bertz CT molecular complexity index is 2550. The lowest BCUT2D eigenvalue weighted by atomic mass is 9.90. The average Bonchev–Trinajstić information content (AvgIpc) is 3.17. The molecule has 9 rings (SSSR count). The summed E-state index contributed by atoms with van der Waals surface area (Å²) in [6, 6.07) is 57.0. The zero-order chi connectivity index (χ0) is 31.9. The maximum atomic E-state index is 5.11. The van der Waals surface area contributed by atoms with E-state index in [1.807, 2.05) is 72.9 Å². The minimum absolute atomic E-state index is 0.620. The van der Waals surface area contributed by atoms with Crippen molar-refractivity contribution >= 4 is 32.4 Å². The summed E-state index contributed by atoms with van der Waals surface area (Å²) in [6.45, 7) is 0. The number of nitrogens with zero attached hydrogens (tertiary/aromatic N) is 4. The van der Waals surface area contributed by atoms with Gasteiger partial charge in [0.05, 0.1) is 5.52 Å². The Balaban J connectivity index is 1.35. The van der Waals surface area contributed by atoms with Crippen molar-refractivity contribution in [1.82, 2.24) is 19.9 Å². The molecule has 0 radical (unpaired) electrons. The lowest BCUT2D eigenvalue weighted by Crippen LogP contribution is -2.00. The first-order chi connectivity index (χ1) is 23.8. The van der Waals surface area contributed by atoms with Crippen LogP contribution in [0.15, 0.2) is 170 Å². The zero-order valence-corrected chi connectivity index (χ0v) is 26.0. The molecule has 2 heterocycles. The van der Waals surface area contributed by atoms with Crippen LogP contribution in [-0.2, 0) is 0 Å². The number of hydrogen-bond acceptors (Lipinski definition) is 4. The van der Waals surface area contributed by atoms with Gasteiger partial charge in [-0.1, -0.05) is 127 Å². The van der Waals surface area contributed by atoms with Crippen LogP contribution in [0.1, 0.15) is 0 Å². The Kier molecular flexibility index (Phi) is 6.76. The van der Waals surface area contributed by atoms with Gasteiger partial charge < -0.3 is 0 Å². The summed E-state index contributed by atoms with van der Waals surface area (Å²) in [4.78, 5) is 19.8. The monoisotopic (exact) mass is 612 g/mol. The van der Waals surface area contributed by atoms with E-state index in [0.717, 1.165) is 49.8 Å². The SMILES string of the molecule is c1ccc(-c2nc(-c3ccccc3)nc(-c3cc(-c4cccc5ncccc45)cc(-c4cc5ccccc5c5ccccc45)c3)n2)cc1. The van der Waals surface area contributed by atoms with E-state index in [1.54, 1.807) is 0 Å². The topological polar surface area (TPSA) is 51.6 Å². The summed E-state index contributed by atoms with van der Waals surface area (Å²) in [5, 5.41) is 5.96. The highest BCUT2D eigenvalue weighted by Crippen LogP contribution is 2.40. The highest BCUT2D eigenvalue weighted by molar-refractivity contribution is 6.14. The largest absolute Gasteiger partial charge is 0.256 e. The summed E-state index contributed by atoms with van der Waals surface area (Å²) in [6.07, 6.45) is 1.84. The quantitative estimate of drug-likeness (QED) is 0.181. The standard InChI is InChI=1S/C44H28N4/c1-3-13-29(14-4-1)42-46-43(30-15-5-2-6-16-30)48-44(47-42)34-26-32(36-21-11-23-41-39(36)22-12-24-45-41)25-33(27-34)40-28-31-17-7-8-18-35(31)37-19-9-10-20-38(37)40/h1-28H. The molecule has 4 heteroatoms. The first kappa shape index (κ1) is 27.8. The fourth-order valence-corrected chi connectivity index (χ4v) is 6.65. The van der Waals surface area contributed by atoms with Gasteiger partial charge in [-0.2, -0.15) is 0 Å². The number of fused-ring (bicyclic) bond motifs is 4. The molecule has 9 aromatic rings.